The molecule has 1 N–H and O–H groups in total. The molecule has 0 heterocycles. The second-order valence-corrected chi connectivity index (χ2v) is 14.0. The van der Waals surface area contributed by atoms with Crippen molar-refractivity contribution in [2.75, 3.05) is 5.43 Å². The molecule has 0 amide bonds. The summed E-state index contributed by atoms with van der Waals surface area (Å²) in [5, 5.41) is 27.0. The highest BCUT2D eigenvalue weighted by Crippen LogP contribution is 2.64. The van der Waals surface area contributed by atoms with Gasteiger partial charge in [0.2, 0.25) is 0 Å². The fraction of sp³-hybridized carbons (Fsp3) is 0.750. The summed E-state index contributed by atoms with van der Waals surface area (Å²) in [4.78, 5) is 38.8. The summed E-state index contributed by atoms with van der Waals surface area (Å²) in [7, 11) is 0. The minimum absolute atomic E-state index is 0.0693. The van der Waals surface area contributed by atoms with Crippen molar-refractivity contribution < 1.29 is 24.1 Å². The topological polar surface area (TPSA) is 137 Å². The van der Waals surface area contributed by atoms with Gasteiger partial charge in [0.1, 0.15) is 17.6 Å². The highest BCUT2D eigenvalue weighted by molar-refractivity contribution is 5.86. The summed E-state index contributed by atoms with van der Waals surface area (Å²) < 4.78 is 13.0. The first kappa shape index (κ1) is 33.0. The zero-order valence-electron chi connectivity index (χ0n) is 25.9. The smallest absolute Gasteiger partial charge is 0.299 e. The first-order chi connectivity index (χ1) is 20.4. The molecule has 3 unspecified atom stereocenters. The number of nitrogens with zero attached hydrogens (tertiary/aromatic N) is 3. The van der Waals surface area contributed by atoms with Crippen LogP contribution in [0.25, 0.3) is 0 Å². The molecule has 1 aromatic carbocycles. The maximum atomic E-state index is 13.5. The van der Waals surface area contributed by atoms with E-state index in [0.717, 1.165) is 25.3 Å². The van der Waals surface area contributed by atoms with Crippen LogP contribution in [0.15, 0.2) is 23.3 Å². The predicted molar refractivity (Wildman–Crippen MR) is 163 cm³/mol. The quantitative estimate of drug-likeness (QED) is 0.103. The maximum Gasteiger partial charge on any atom is 0.301 e. The molecule has 7 atom stereocenters. The van der Waals surface area contributed by atoms with E-state index in [0.29, 0.717) is 37.0 Å². The van der Waals surface area contributed by atoms with E-state index in [1.807, 2.05) is 0 Å². The van der Waals surface area contributed by atoms with Gasteiger partial charge in [-0.25, -0.2) is 0 Å². The van der Waals surface area contributed by atoms with Gasteiger partial charge in [0, 0.05) is 24.1 Å². The van der Waals surface area contributed by atoms with Crippen LogP contribution in [0.1, 0.15) is 105 Å². The molecule has 4 rings (SSSR count). The molecule has 3 aliphatic rings. The van der Waals surface area contributed by atoms with E-state index in [1.54, 1.807) is 6.21 Å². The van der Waals surface area contributed by atoms with Gasteiger partial charge in [-0.3, -0.25) is 30.4 Å². The number of hydrazone groups is 1. The molecule has 238 valence electrons. The maximum absolute atomic E-state index is 13.5. The average Bonchev–Trinajstić information content (AvgIpc) is 3.30. The lowest BCUT2D eigenvalue weighted by Gasteiger charge is -2.54. The summed E-state index contributed by atoms with van der Waals surface area (Å²) in [5.74, 6) is 2.15. The number of non-ortho nitro benzene ring substituents is 1. The molecule has 3 fully saturated rings. The van der Waals surface area contributed by atoms with E-state index in [1.165, 1.54) is 44.2 Å². The van der Waals surface area contributed by atoms with Crippen LogP contribution in [-0.4, -0.2) is 27.9 Å². The number of hydrogen-bond donors (Lipinski definition) is 1. The van der Waals surface area contributed by atoms with Gasteiger partial charge in [-0.05, 0) is 97.0 Å². The van der Waals surface area contributed by atoms with Crippen LogP contribution in [0, 0.1) is 60.6 Å². The fourth-order valence-corrected chi connectivity index (χ4v) is 8.71. The van der Waals surface area contributed by atoms with Crippen LogP contribution in [0.2, 0.25) is 0 Å². The molecule has 0 bridgehead atoms. The highest BCUT2D eigenvalue weighted by atomic mass is 19.3. The second-order valence-electron chi connectivity index (χ2n) is 14.0. The molecule has 0 aromatic heterocycles. The number of rotatable bonds is 13. The first-order valence-corrected chi connectivity index (χ1v) is 15.9. The van der Waals surface area contributed by atoms with Crippen molar-refractivity contribution in [3.8, 4) is 0 Å². The third kappa shape index (κ3) is 7.07. The lowest BCUT2D eigenvalue weighted by molar-refractivity contribution is -0.393. The van der Waals surface area contributed by atoms with E-state index >= 15 is 0 Å². The van der Waals surface area contributed by atoms with Gasteiger partial charge in [0.15, 0.2) is 0 Å². The molecule has 0 saturated heterocycles. The summed E-state index contributed by atoms with van der Waals surface area (Å²) >= 11 is 0. The Hall–Kier alpha value is -2.95. The largest absolute Gasteiger partial charge is 0.301 e. The number of nitro groups is 2. The number of carbonyl (C=O) groups is 1. The van der Waals surface area contributed by atoms with E-state index in [-0.39, 0.29) is 40.8 Å². The van der Waals surface area contributed by atoms with E-state index in [2.05, 4.69) is 43.2 Å². The summed E-state index contributed by atoms with van der Waals surface area (Å²) in [6, 6.07) is 3.42. The minimum atomic E-state index is -0.672. The Morgan fingerprint density at radius 2 is 1.86 bits per heavy atom. The van der Waals surface area contributed by atoms with Gasteiger partial charge >= 0.3 is 5.69 Å². The summed E-state index contributed by atoms with van der Waals surface area (Å²) in [6.45, 7) is 9.03. The molecule has 0 spiro atoms. The Kier molecular flexibility index (Phi) is 10.6. The number of ketones is 1. The Morgan fingerprint density at radius 1 is 1.09 bits per heavy atom. The summed E-state index contributed by atoms with van der Waals surface area (Å²) in [6.07, 6.45) is 12.1. The molecule has 1 aromatic rings. The van der Waals surface area contributed by atoms with Crippen LogP contribution in [0.4, 0.5) is 21.6 Å². The number of Topliss-reactive ketones (excluding diaryl/α,β-unsaturated/α-hetero) is 1. The van der Waals surface area contributed by atoms with Crippen molar-refractivity contribution in [3.05, 3.63) is 38.4 Å². The molecule has 0 radical (unpaired) electrons. The molecule has 11 heteroatoms. The van der Waals surface area contributed by atoms with Gasteiger partial charge in [0.05, 0.1) is 15.9 Å². The van der Waals surface area contributed by atoms with Crippen LogP contribution >= 0.6 is 0 Å². The predicted octanol–water partition coefficient (Wildman–Crippen LogP) is 8.59. The summed E-state index contributed by atoms with van der Waals surface area (Å²) in [5.41, 5.74) is 1.63. The van der Waals surface area contributed by atoms with Gasteiger partial charge in [-0.15, -0.1) is 0 Å². The number of carbonyl (C=O) groups excluding carboxylic acids is 1. The Bertz CT molecular complexity index is 1210. The number of hydrogen-bond acceptors (Lipinski definition) is 8. The van der Waals surface area contributed by atoms with E-state index < -0.39 is 27.1 Å². The van der Waals surface area contributed by atoms with Crippen molar-refractivity contribution in [3.63, 3.8) is 0 Å². The van der Waals surface area contributed by atoms with Crippen LogP contribution in [0.5, 0.6) is 0 Å². The molecule has 0 aliphatic heterocycles. The van der Waals surface area contributed by atoms with Gasteiger partial charge in [-0.2, -0.15) is 10.0 Å². The Balaban J connectivity index is 1.54. The lowest BCUT2D eigenvalue weighted by Crippen LogP contribution is -2.51. The average molecular weight is 603 g/mol. The molecule has 3 saturated carbocycles. The number of nitrogens with one attached hydrogen (secondary N) is 1. The van der Waals surface area contributed by atoms with Gasteiger partial charge < -0.3 is 0 Å². The second kappa shape index (κ2) is 13.8. The zero-order valence-corrected chi connectivity index (χ0v) is 25.9. The molecule has 10 nitrogen and oxygen atoms in total. The third-order valence-corrected chi connectivity index (χ3v) is 11.2. The van der Waals surface area contributed by atoms with Crippen molar-refractivity contribution in [1.82, 2.24) is 0 Å². The Morgan fingerprint density at radius 3 is 2.51 bits per heavy atom. The normalized spacial score (nSPS) is 32.7. The number of fused-ring (bicyclic) bond motifs is 1. The molecule has 43 heavy (non-hydrogen) atoms. The van der Waals surface area contributed by atoms with Crippen LogP contribution in [0.3, 0.4) is 0 Å². The number of halogens is 1. The van der Waals surface area contributed by atoms with Crippen molar-refractivity contribution in [1.29, 1.82) is 0 Å². The third-order valence-electron chi connectivity index (χ3n) is 11.2. The fourth-order valence-electron chi connectivity index (χ4n) is 8.71. The van der Waals surface area contributed by atoms with Gasteiger partial charge in [0.25, 0.3) is 5.69 Å². The SMILES string of the molecule is CC(C)CCCC[C@H]1CCC2[C@H](C/C=N/Nc3ccc([N+](=O)[O-])cc3[N+](=O)[O-])C([C@@]3(C)CC[C@H](OF)CC3=O)CCC21C. The monoisotopic (exact) mass is 602 g/mol. The first-order valence-electron chi connectivity index (χ1n) is 15.9. The highest BCUT2D eigenvalue weighted by Gasteiger charge is 2.58. The molecular weight excluding hydrogens is 555 g/mol. The van der Waals surface area contributed by atoms with Crippen molar-refractivity contribution in [2.45, 2.75) is 111 Å². The van der Waals surface area contributed by atoms with E-state index in [4.69, 9.17) is 0 Å². The number of benzene rings is 1. The van der Waals surface area contributed by atoms with E-state index in [9.17, 15) is 29.5 Å². The number of anilines is 1. The zero-order chi connectivity index (χ0) is 31.4. The minimum Gasteiger partial charge on any atom is -0.299 e. The standard InChI is InChI=1S/C32H47FN4O6/c1-21(2)7-5-6-8-22-9-11-26-25(15-18-34-35-28-12-10-23(36(39)40)19-29(28)37(41)42)27(14-17-31(22,26)3)32(4)16-13-24(43-33)20-30(32)38/h10,12,18-19,21-22,24-27,35H,5-9,11,13-17,20H2,1-4H3/b34-18+/t22-,24-,25-,26?,27?,31?,32+/m0/s1. The number of unbranched alkanes of at least 4 members (excludes halogenated alkanes) is 1. The van der Waals surface area contributed by atoms with Crippen molar-refractivity contribution >= 4 is 29.1 Å². The van der Waals surface area contributed by atoms with Crippen LogP contribution < -0.4 is 5.43 Å². The Labute approximate surface area is 253 Å². The number of nitro benzene ring substituents is 2. The van der Waals surface area contributed by atoms with Crippen LogP contribution in [-0.2, 0) is 9.74 Å². The van der Waals surface area contributed by atoms with Gasteiger partial charge in [-0.1, -0.05) is 47.0 Å². The molecule has 3 aliphatic carbocycles. The molecular formula is C32H47FN4O6. The van der Waals surface area contributed by atoms with Crippen molar-refractivity contribution in [2.24, 2.45) is 45.5 Å². The lowest BCUT2D eigenvalue weighted by atomic mass is 9.50.